The molecular formula is C16H15NO4. The van der Waals surface area contributed by atoms with E-state index in [1.807, 2.05) is 19.1 Å². The number of ketones is 1. The number of phenols is 2. The van der Waals surface area contributed by atoms with E-state index in [1.165, 1.54) is 18.3 Å². The van der Waals surface area contributed by atoms with Crippen molar-refractivity contribution >= 4 is 18.1 Å². The average Bonchev–Trinajstić information content (AvgIpc) is 2.84. The number of Topliss-reactive ketones (excluding diaryl/α,β-unsaturated/α-hetero) is 1. The highest BCUT2D eigenvalue weighted by molar-refractivity contribution is 6.01. The van der Waals surface area contributed by atoms with Gasteiger partial charge in [0.2, 0.25) is 0 Å². The van der Waals surface area contributed by atoms with Crippen molar-refractivity contribution in [3.8, 4) is 11.5 Å². The van der Waals surface area contributed by atoms with E-state index in [1.54, 1.807) is 12.2 Å². The molecule has 0 aliphatic carbocycles. The van der Waals surface area contributed by atoms with Crippen LogP contribution in [0.3, 0.4) is 0 Å². The predicted octanol–water partition coefficient (Wildman–Crippen LogP) is 2.97. The van der Waals surface area contributed by atoms with E-state index in [0.29, 0.717) is 5.76 Å². The maximum atomic E-state index is 11.8. The van der Waals surface area contributed by atoms with Crippen LogP contribution < -0.4 is 0 Å². The van der Waals surface area contributed by atoms with Gasteiger partial charge < -0.3 is 14.6 Å². The van der Waals surface area contributed by atoms with Crippen molar-refractivity contribution in [1.29, 1.82) is 0 Å². The van der Waals surface area contributed by atoms with Crippen molar-refractivity contribution in [2.45, 2.75) is 6.92 Å². The second-order valence-electron chi connectivity index (χ2n) is 4.42. The van der Waals surface area contributed by atoms with Gasteiger partial charge in [0, 0.05) is 12.3 Å². The van der Waals surface area contributed by atoms with Crippen LogP contribution in [0.4, 0.5) is 0 Å². The normalized spacial score (nSPS) is 11.5. The molecule has 5 heteroatoms. The second kappa shape index (κ2) is 6.56. The van der Waals surface area contributed by atoms with E-state index in [9.17, 15) is 9.90 Å². The Hall–Kier alpha value is -2.82. The topological polar surface area (TPSA) is 83.0 Å². The van der Waals surface area contributed by atoms with E-state index in [-0.39, 0.29) is 29.4 Å². The summed E-state index contributed by atoms with van der Waals surface area (Å²) < 4.78 is 5.34. The van der Waals surface area contributed by atoms with E-state index in [2.05, 4.69) is 4.99 Å². The molecule has 1 aromatic heterocycles. The summed E-state index contributed by atoms with van der Waals surface area (Å²) in [6, 6.07) is 7.52. The number of aryl methyl sites for hydroxylation is 1. The van der Waals surface area contributed by atoms with Crippen molar-refractivity contribution in [3.05, 3.63) is 53.5 Å². The zero-order chi connectivity index (χ0) is 15.2. The third kappa shape index (κ3) is 4.07. The summed E-state index contributed by atoms with van der Waals surface area (Å²) in [6.45, 7) is 1.77. The van der Waals surface area contributed by atoms with Gasteiger partial charge in [0.15, 0.2) is 5.78 Å². The minimum absolute atomic E-state index is 0.0835. The lowest BCUT2D eigenvalue weighted by atomic mass is 10.1. The summed E-state index contributed by atoms with van der Waals surface area (Å²) in [7, 11) is 0. The molecule has 0 amide bonds. The second-order valence-corrected chi connectivity index (χ2v) is 4.42. The van der Waals surface area contributed by atoms with Crippen LogP contribution in [0.1, 0.15) is 21.9 Å². The average molecular weight is 285 g/mol. The van der Waals surface area contributed by atoms with Crippen molar-refractivity contribution in [3.63, 3.8) is 0 Å². The predicted molar refractivity (Wildman–Crippen MR) is 79.9 cm³/mol. The number of rotatable bonds is 5. The standard InChI is InChI=1S/C16H15NO4/c1-11-4-6-13(21-11)3-2-8-17-10-16(20)14-7-5-12(18)9-15(14)19/h2-9,18-19H,10H2,1H3/b3-2+,17-8?. The van der Waals surface area contributed by atoms with Gasteiger partial charge in [-0.1, -0.05) is 0 Å². The van der Waals surface area contributed by atoms with Gasteiger partial charge in [-0.25, -0.2) is 0 Å². The molecule has 2 N–H and O–H groups in total. The highest BCUT2D eigenvalue weighted by Gasteiger charge is 2.10. The monoisotopic (exact) mass is 285 g/mol. The maximum absolute atomic E-state index is 11.8. The van der Waals surface area contributed by atoms with Crippen LogP contribution in [0, 0.1) is 6.92 Å². The fourth-order valence-corrected chi connectivity index (χ4v) is 1.72. The zero-order valence-corrected chi connectivity index (χ0v) is 11.5. The molecular weight excluding hydrogens is 270 g/mol. The first-order valence-corrected chi connectivity index (χ1v) is 6.34. The van der Waals surface area contributed by atoms with Gasteiger partial charge >= 0.3 is 0 Å². The molecule has 0 aliphatic heterocycles. The molecule has 0 fully saturated rings. The molecule has 21 heavy (non-hydrogen) atoms. The summed E-state index contributed by atoms with van der Waals surface area (Å²) in [6.07, 6.45) is 4.90. The van der Waals surface area contributed by atoms with Crippen molar-refractivity contribution in [2.75, 3.05) is 6.54 Å². The number of carbonyl (C=O) groups excluding carboxylic acids is 1. The summed E-state index contributed by atoms with van der Waals surface area (Å²) in [4.78, 5) is 15.8. The molecule has 0 saturated heterocycles. The summed E-state index contributed by atoms with van der Waals surface area (Å²) in [5.41, 5.74) is 0.135. The maximum Gasteiger partial charge on any atom is 0.187 e. The molecule has 0 radical (unpaired) electrons. The molecule has 1 aromatic carbocycles. The Morgan fingerprint density at radius 2 is 2.10 bits per heavy atom. The third-order valence-corrected chi connectivity index (χ3v) is 2.73. The molecule has 0 spiro atoms. The SMILES string of the molecule is Cc1ccc(/C=C/C=NCC(=O)c2ccc(O)cc2O)o1. The van der Waals surface area contributed by atoms with E-state index in [0.717, 1.165) is 11.8 Å². The molecule has 108 valence electrons. The van der Waals surface area contributed by atoms with Gasteiger partial charge in [-0.05, 0) is 43.3 Å². The third-order valence-electron chi connectivity index (χ3n) is 2.73. The van der Waals surface area contributed by atoms with Gasteiger partial charge in [-0.15, -0.1) is 0 Å². The highest BCUT2D eigenvalue weighted by Crippen LogP contribution is 2.22. The van der Waals surface area contributed by atoms with Gasteiger partial charge in [-0.3, -0.25) is 9.79 Å². The fraction of sp³-hybridized carbons (Fsp3) is 0.125. The van der Waals surface area contributed by atoms with Crippen LogP contribution in [-0.4, -0.2) is 28.8 Å². The van der Waals surface area contributed by atoms with Crippen LogP contribution in [0.5, 0.6) is 11.5 Å². The summed E-state index contributed by atoms with van der Waals surface area (Å²) >= 11 is 0. The number of hydrogen-bond acceptors (Lipinski definition) is 5. The molecule has 0 bridgehead atoms. The van der Waals surface area contributed by atoms with Gasteiger partial charge in [-0.2, -0.15) is 0 Å². The van der Waals surface area contributed by atoms with E-state index >= 15 is 0 Å². The minimum Gasteiger partial charge on any atom is -0.508 e. The Kier molecular flexibility index (Phi) is 4.56. The number of phenolic OH excluding ortho intramolecular Hbond substituents is 2. The molecule has 5 nitrogen and oxygen atoms in total. The molecule has 0 atom stereocenters. The summed E-state index contributed by atoms with van der Waals surface area (Å²) in [5, 5.41) is 18.7. The Labute approximate surface area is 121 Å². The first kappa shape index (κ1) is 14.6. The van der Waals surface area contributed by atoms with Gasteiger partial charge in [0.05, 0.1) is 5.56 Å². The number of carbonyl (C=O) groups is 1. The van der Waals surface area contributed by atoms with Crippen molar-refractivity contribution in [1.82, 2.24) is 0 Å². The van der Waals surface area contributed by atoms with Crippen LogP contribution in [0.2, 0.25) is 0 Å². The van der Waals surface area contributed by atoms with Crippen LogP contribution >= 0.6 is 0 Å². The number of aromatic hydroxyl groups is 2. The lowest BCUT2D eigenvalue weighted by molar-refractivity contribution is 0.0999. The van der Waals surface area contributed by atoms with Crippen LogP contribution in [-0.2, 0) is 0 Å². The van der Waals surface area contributed by atoms with E-state index < -0.39 is 0 Å². The molecule has 0 unspecified atom stereocenters. The molecule has 0 saturated carbocycles. The molecule has 0 aliphatic rings. The molecule has 2 aromatic rings. The Morgan fingerprint density at radius 3 is 2.76 bits per heavy atom. The number of hydrogen-bond donors (Lipinski definition) is 2. The van der Waals surface area contributed by atoms with Gasteiger partial charge in [0.1, 0.15) is 29.6 Å². The first-order chi connectivity index (χ1) is 10.1. The van der Waals surface area contributed by atoms with Crippen LogP contribution in [0.15, 0.2) is 45.8 Å². The van der Waals surface area contributed by atoms with Crippen molar-refractivity contribution < 1.29 is 19.4 Å². The number of benzene rings is 1. The van der Waals surface area contributed by atoms with E-state index in [4.69, 9.17) is 9.52 Å². The smallest absolute Gasteiger partial charge is 0.187 e. The minimum atomic E-state index is -0.328. The number of aliphatic imine (C=N–C) groups is 1. The van der Waals surface area contributed by atoms with Crippen LogP contribution in [0.25, 0.3) is 6.08 Å². The highest BCUT2D eigenvalue weighted by atomic mass is 16.3. The Balaban J connectivity index is 1.91. The Bertz CT molecular complexity index is 698. The number of allylic oxidation sites excluding steroid dienone is 1. The fourth-order valence-electron chi connectivity index (χ4n) is 1.72. The molecule has 2 rings (SSSR count). The first-order valence-electron chi connectivity index (χ1n) is 6.34. The quantitative estimate of drug-likeness (QED) is 0.653. The lowest BCUT2D eigenvalue weighted by Gasteiger charge is -2.01. The number of furan rings is 1. The van der Waals surface area contributed by atoms with Crippen molar-refractivity contribution in [2.24, 2.45) is 4.99 Å². The lowest BCUT2D eigenvalue weighted by Crippen LogP contribution is -2.03. The number of nitrogens with zero attached hydrogens (tertiary/aromatic N) is 1. The summed E-state index contributed by atoms with van der Waals surface area (Å²) in [5.74, 6) is 0.859. The zero-order valence-electron chi connectivity index (χ0n) is 11.5. The largest absolute Gasteiger partial charge is 0.508 e. The van der Waals surface area contributed by atoms with Gasteiger partial charge in [0.25, 0.3) is 0 Å². The molecule has 1 heterocycles. The Morgan fingerprint density at radius 1 is 1.29 bits per heavy atom.